The summed E-state index contributed by atoms with van der Waals surface area (Å²) in [5.41, 5.74) is 0.611. The van der Waals surface area contributed by atoms with Gasteiger partial charge in [-0.25, -0.2) is 0 Å². The van der Waals surface area contributed by atoms with E-state index in [0.717, 1.165) is 0 Å². The molecule has 0 aromatic rings. The van der Waals surface area contributed by atoms with Crippen LogP contribution in [0.4, 0.5) is 0 Å². The van der Waals surface area contributed by atoms with Crippen LogP contribution in [-0.4, -0.2) is 10.9 Å². The van der Waals surface area contributed by atoms with E-state index in [4.69, 9.17) is 10.5 Å². The molecule has 3 heteroatoms. The summed E-state index contributed by atoms with van der Waals surface area (Å²) >= 11 is 0. The Kier molecular flexibility index (Phi) is 3.66. The van der Waals surface area contributed by atoms with E-state index in [1.165, 1.54) is 6.08 Å². The van der Waals surface area contributed by atoms with E-state index in [0.29, 0.717) is 5.57 Å². The van der Waals surface area contributed by atoms with Crippen LogP contribution < -0.4 is 0 Å². The van der Waals surface area contributed by atoms with Crippen molar-refractivity contribution < 1.29 is 5.21 Å². The summed E-state index contributed by atoms with van der Waals surface area (Å²) in [4.78, 5) is 0. The minimum Gasteiger partial charge on any atom is -0.410 e. The number of nitriles is 1. The van der Waals surface area contributed by atoms with Crippen molar-refractivity contribution in [3.63, 3.8) is 0 Å². The number of rotatable bonds is 2. The number of hydrogen-bond donors (Lipinski definition) is 1. The number of allylic oxidation sites excluding steroid dienone is 3. The van der Waals surface area contributed by atoms with Gasteiger partial charge >= 0.3 is 0 Å². The zero-order valence-electron chi connectivity index (χ0n) is 5.70. The molecule has 10 heavy (non-hydrogen) atoms. The van der Waals surface area contributed by atoms with Gasteiger partial charge in [-0.05, 0) is 12.5 Å². The molecule has 0 aromatic heterocycles. The average Bonchev–Trinajstić information content (AvgIpc) is 1.91. The van der Waals surface area contributed by atoms with Gasteiger partial charge in [0.05, 0.1) is 0 Å². The maximum Gasteiger partial charge on any atom is 0.182 e. The molecule has 0 radical (unpaired) electrons. The van der Waals surface area contributed by atoms with Gasteiger partial charge in [-0.15, -0.1) is 0 Å². The van der Waals surface area contributed by atoms with E-state index in [9.17, 15) is 0 Å². The highest BCUT2D eigenvalue weighted by Gasteiger charge is 1.97. The SMILES string of the molecule is C=C/C=C(C)/C(C#N)=N/O. The molecule has 0 bridgehead atoms. The third-order valence-electron chi connectivity index (χ3n) is 0.947. The lowest BCUT2D eigenvalue weighted by molar-refractivity contribution is 0.320. The molecule has 0 rings (SSSR count). The lowest BCUT2D eigenvalue weighted by atomic mass is 10.2. The summed E-state index contributed by atoms with van der Waals surface area (Å²) in [6.45, 7) is 5.10. The maximum absolute atomic E-state index is 8.31. The predicted molar refractivity (Wildman–Crippen MR) is 38.8 cm³/mol. The molecule has 52 valence electrons. The van der Waals surface area contributed by atoms with Gasteiger partial charge in [0.2, 0.25) is 0 Å². The molecule has 0 fully saturated rings. The third kappa shape index (κ3) is 2.14. The molecule has 0 aliphatic rings. The molecule has 0 atom stereocenters. The number of hydrogen-bond acceptors (Lipinski definition) is 3. The molecule has 0 aromatic carbocycles. The molecule has 3 nitrogen and oxygen atoms in total. The zero-order chi connectivity index (χ0) is 7.98. The van der Waals surface area contributed by atoms with Crippen LogP contribution in [0.3, 0.4) is 0 Å². The molecule has 1 N–H and O–H groups in total. The van der Waals surface area contributed by atoms with Crippen molar-refractivity contribution in [3.8, 4) is 6.07 Å². The van der Waals surface area contributed by atoms with Crippen molar-refractivity contribution in [2.75, 3.05) is 0 Å². The fourth-order valence-corrected chi connectivity index (χ4v) is 0.445. The van der Waals surface area contributed by atoms with Crippen molar-refractivity contribution in [2.45, 2.75) is 6.92 Å². The first kappa shape index (κ1) is 8.44. The molecule has 0 aliphatic heterocycles. The van der Waals surface area contributed by atoms with E-state index in [1.807, 2.05) is 0 Å². The lowest BCUT2D eigenvalue weighted by Gasteiger charge is -1.89. The standard InChI is InChI=1S/C7H8N2O/c1-3-4-6(2)7(5-8)9-10/h3-4,10H,1H2,2H3/b6-4+,9-7+. The highest BCUT2D eigenvalue weighted by atomic mass is 16.4. The van der Waals surface area contributed by atoms with Crippen LogP contribution in [0, 0.1) is 11.3 Å². The van der Waals surface area contributed by atoms with Gasteiger partial charge < -0.3 is 5.21 Å². The Balaban J connectivity index is 4.51. The minimum absolute atomic E-state index is 0.0138. The summed E-state index contributed by atoms with van der Waals surface area (Å²) in [7, 11) is 0. The van der Waals surface area contributed by atoms with Crippen LogP contribution in [0.15, 0.2) is 29.5 Å². The Morgan fingerprint density at radius 2 is 2.40 bits per heavy atom. The summed E-state index contributed by atoms with van der Waals surface area (Å²) in [5, 5.41) is 19.3. The smallest absolute Gasteiger partial charge is 0.182 e. The molecule has 0 heterocycles. The summed E-state index contributed by atoms with van der Waals surface area (Å²) in [5.74, 6) is 0. The first-order valence-electron chi connectivity index (χ1n) is 2.68. The second-order valence-corrected chi connectivity index (χ2v) is 1.65. The van der Waals surface area contributed by atoms with Crippen LogP contribution in [0.5, 0.6) is 0 Å². The van der Waals surface area contributed by atoms with E-state index < -0.39 is 0 Å². The van der Waals surface area contributed by atoms with Crippen molar-refractivity contribution in [2.24, 2.45) is 5.16 Å². The first-order chi connectivity index (χ1) is 4.76. The number of nitrogens with zero attached hydrogens (tertiary/aromatic N) is 2. The van der Waals surface area contributed by atoms with Gasteiger partial charge in [0.15, 0.2) is 5.71 Å². The molecule has 0 aliphatic carbocycles. The Morgan fingerprint density at radius 1 is 1.80 bits per heavy atom. The van der Waals surface area contributed by atoms with Gasteiger partial charge in [-0.2, -0.15) is 5.26 Å². The second-order valence-electron chi connectivity index (χ2n) is 1.65. The molecular formula is C7H8N2O. The van der Waals surface area contributed by atoms with Crippen LogP contribution in [0.1, 0.15) is 6.92 Å². The van der Waals surface area contributed by atoms with Gasteiger partial charge in [-0.3, -0.25) is 0 Å². The summed E-state index contributed by atoms with van der Waals surface area (Å²) in [6.07, 6.45) is 3.12. The maximum atomic E-state index is 8.31. The third-order valence-corrected chi connectivity index (χ3v) is 0.947. The van der Waals surface area contributed by atoms with E-state index in [1.54, 1.807) is 19.1 Å². The Bertz CT molecular complexity index is 220. The zero-order valence-corrected chi connectivity index (χ0v) is 5.70. The minimum atomic E-state index is 0.0138. The van der Waals surface area contributed by atoms with Gasteiger partial charge in [0.1, 0.15) is 6.07 Å². The quantitative estimate of drug-likeness (QED) is 0.270. The van der Waals surface area contributed by atoms with E-state index >= 15 is 0 Å². The van der Waals surface area contributed by atoms with Gasteiger partial charge in [-0.1, -0.05) is 23.9 Å². The molecular weight excluding hydrogens is 128 g/mol. The van der Waals surface area contributed by atoms with Crippen molar-refractivity contribution >= 4 is 5.71 Å². The Hall–Kier alpha value is -1.56. The monoisotopic (exact) mass is 136 g/mol. The van der Waals surface area contributed by atoms with Crippen molar-refractivity contribution in [3.05, 3.63) is 24.3 Å². The number of oxime groups is 1. The fourth-order valence-electron chi connectivity index (χ4n) is 0.445. The largest absolute Gasteiger partial charge is 0.410 e. The van der Waals surface area contributed by atoms with Crippen molar-refractivity contribution in [1.29, 1.82) is 5.26 Å². The average molecular weight is 136 g/mol. The van der Waals surface area contributed by atoms with Crippen molar-refractivity contribution in [1.82, 2.24) is 0 Å². The van der Waals surface area contributed by atoms with Gasteiger partial charge in [0.25, 0.3) is 0 Å². The molecule has 0 spiro atoms. The highest BCUT2D eigenvalue weighted by Crippen LogP contribution is 1.95. The Labute approximate surface area is 59.6 Å². The molecule has 0 saturated heterocycles. The normalized spacial score (nSPS) is 12.4. The van der Waals surface area contributed by atoms with Crippen LogP contribution >= 0.6 is 0 Å². The molecule has 0 saturated carbocycles. The highest BCUT2D eigenvalue weighted by molar-refractivity contribution is 6.10. The molecule has 0 amide bonds. The topological polar surface area (TPSA) is 56.4 Å². The van der Waals surface area contributed by atoms with E-state index in [-0.39, 0.29) is 5.71 Å². The Morgan fingerprint density at radius 3 is 2.70 bits per heavy atom. The van der Waals surface area contributed by atoms with Crippen LogP contribution in [0.25, 0.3) is 0 Å². The predicted octanol–water partition coefficient (Wildman–Crippen LogP) is 1.47. The molecule has 0 unspecified atom stereocenters. The van der Waals surface area contributed by atoms with Crippen LogP contribution in [0.2, 0.25) is 0 Å². The second kappa shape index (κ2) is 4.33. The lowest BCUT2D eigenvalue weighted by Crippen LogP contribution is -1.94. The summed E-state index contributed by atoms with van der Waals surface area (Å²) in [6, 6.07) is 1.72. The first-order valence-corrected chi connectivity index (χ1v) is 2.68. The summed E-state index contributed by atoms with van der Waals surface area (Å²) < 4.78 is 0. The van der Waals surface area contributed by atoms with Crippen LogP contribution in [-0.2, 0) is 0 Å². The van der Waals surface area contributed by atoms with Gasteiger partial charge in [0, 0.05) is 0 Å². The fraction of sp³-hybridized carbons (Fsp3) is 0.143. The van der Waals surface area contributed by atoms with E-state index in [2.05, 4.69) is 11.7 Å².